The molecule has 2 heterocycles. The minimum absolute atomic E-state index is 0.598. The first kappa shape index (κ1) is 12.1. The van der Waals surface area contributed by atoms with Gasteiger partial charge in [-0.1, -0.05) is 12.1 Å². The molecule has 0 aliphatic carbocycles. The molecule has 2 saturated heterocycles. The van der Waals surface area contributed by atoms with E-state index in [-0.39, 0.29) is 0 Å². The van der Waals surface area contributed by atoms with Crippen molar-refractivity contribution in [2.24, 2.45) is 0 Å². The molecule has 0 spiro atoms. The SMILES string of the molecule is Cc1ccc(C2(O)CC3CCC(C2)S3)cc1C#N. The van der Waals surface area contributed by atoms with Crippen molar-refractivity contribution < 1.29 is 5.11 Å². The minimum atomic E-state index is -0.712. The van der Waals surface area contributed by atoms with E-state index in [1.165, 1.54) is 12.8 Å². The van der Waals surface area contributed by atoms with E-state index in [1.807, 2.05) is 36.9 Å². The van der Waals surface area contributed by atoms with Crippen LogP contribution in [0.3, 0.4) is 0 Å². The number of nitriles is 1. The second kappa shape index (κ2) is 4.29. The van der Waals surface area contributed by atoms with Gasteiger partial charge in [0.25, 0.3) is 0 Å². The Morgan fingerprint density at radius 1 is 1.33 bits per heavy atom. The van der Waals surface area contributed by atoms with Crippen LogP contribution >= 0.6 is 11.8 Å². The zero-order valence-electron chi connectivity index (χ0n) is 10.5. The van der Waals surface area contributed by atoms with Crippen LogP contribution < -0.4 is 0 Å². The molecule has 0 aromatic heterocycles. The van der Waals surface area contributed by atoms with Crippen LogP contribution in [-0.4, -0.2) is 15.6 Å². The Bertz CT molecular complexity index is 508. The number of hydrogen-bond acceptors (Lipinski definition) is 3. The predicted molar refractivity (Wildman–Crippen MR) is 73.4 cm³/mol. The number of hydrogen-bond donors (Lipinski definition) is 1. The van der Waals surface area contributed by atoms with Crippen molar-refractivity contribution in [2.75, 3.05) is 0 Å². The van der Waals surface area contributed by atoms with Crippen molar-refractivity contribution in [3.63, 3.8) is 0 Å². The number of nitrogens with zero attached hydrogens (tertiary/aromatic N) is 1. The van der Waals surface area contributed by atoms with Crippen LogP contribution in [0.2, 0.25) is 0 Å². The average molecular weight is 259 g/mol. The second-order valence-electron chi connectivity index (χ2n) is 5.54. The molecule has 94 valence electrons. The molecule has 0 amide bonds. The van der Waals surface area contributed by atoms with Crippen LogP contribution in [0, 0.1) is 18.3 Å². The molecule has 2 atom stereocenters. The first-order chi connectivity index (χ1) is 8.60. The van der Waals surface area contributed by atoms with Gasteiger partial charge in [0, 0.05) is 10.5 Å². The third kappa shape index (κ3) is 1.94. The van der Waals surface area contributed by atoms with E-state index in [0.29, 0.717) is 16.1 Å². The van der Waals surface area contributed by atoms with Gasteiger partial charge < -0.3 is 5.11 Å². The summed E-state index contributed by atoms with van der Waals surface area (Å²) < 4.78 is 0. The number of thioether (sulfide) groups is 1. The Morgan fingerprint density at radius 2 is 2.00 bits per heavy atom. The lowest BCUT2D eigenvalue weighted by atomic mass is 9.84. The maximum Gasteiger partial charge on any atom is 0.0994 e. The topological polar surface area (TPSA) is 44.0 Å². The molecule has 1 N–H and O–H groups in total. The summed E-state index contributed by atoms with van der Waals surface area (Å²) in [5, 5.41) is 21.2. The Balaban J connectivity index is 1.97. The van der Waals surface area contributed by atoms with Crippen LogP contribution in [0.4, 0.5) is 0 Å². The minimum Gasteiger partial charge on any atom is -0.385 e. The van der Waals surface area contributed by atoms with E-state index in [0.717, 1.165) is 24.0 Å². The standard InChI is InChI=1S/C15H17NOS/c1-10-2-3-12(6-11(10)9-16)15(17)7-13-4-5-14(8-15)18-13/h2-3,6,13-14,17H,4-5,7-8H2,1H3. The quantitative estimate of drug-likeness (QED) is 0.842. The molecule has 2 aliphatic rings. The van der Waals surface area contributed by atoms with E-state index >= 15 is 0 Å². The van der Waals surface area contributed by atoms with Gasteiger partial charge in [-0.15, -0.1) is 0 Å². The van der Waals surface area contributed by atoms with Crippen molar-refractivity contribution in [3.8, 4) is 6.07 Å². The lowest BCUT2D eigenvalue weighted by Crippen LogP contribution is -2.34. The van der Waals surface area contributed by atoms with Crippen LogP contribution in [0.1, 0.15) is 42.4 Å². The molecule has 1 aromatic rings. The summed E-state index contributed by atoms with van der Waals surface area (Å²) in [6, 6.07) is 8.04. The van der Waals surface area contributed by atoms with E-state index in [9.17, 15) is 5.11 Å². The molecular weight excluding hydrogens is 242 g/mol. The third-order valence-electron chi connectivity index (χ3n) is 4.22. The molecule has 1 aromatic carbocycles. The molecule has 2 nitrogen and oxygen atoms in total. The largest absolute Gasteiger partial charge is 0.385 e. The van der Waals surface area contributed by atoms with Crippen molar-refractivity contribution in [2.45, 2.75) is 48.7 Å². The Kier molecular flexibility index (Phi) is 2.88. The lowest BCUT2D eigenvalue weighted by Gasteiger charge is -2.36. The van der Waals surface area contributed by atoms with Gasteiger partial charge in [-0.05, 0) is 49.8 Å². The van der Waals surface area contributed by atoms with Gasteiger partial charge in [0.2, 0.25) is 0 Å². The molecule has 2 unspecified atom stereocenters. The summed E-state index contributed by atoms with van der Waals surface area (Å²) >= 11 is 2.04. The first-order valence-electron chi connectivity index (χ1n) is 6.50. The van der Waals surface area contributed by atoms with Crippen molar-refractivity contribution in [1.29, 1.82) is 5.26 Å². The summed E-state index contributed by atoms with van der Waals surface area (Å²) in [6.45, 7) is 1.94. The first-order valence-corrected chi connectivity index (χ1v) is 7.44. The molecule has 0 radical (unpaired) electrons. The smallest absolute Gasteiger partial charge is 0.0994 e. The molecule has 2 bridgehead atoms. The molecular formula is C15H17NOS. The monoisotopic (exact) mass is 259 g/mol. The van der Waals surface area contributed by atoms with Gasteiger partial charge in [0.05, 0.1) is 17.2 Å². The number of aryl methyl sites for hydroxylation is 1. The van der Waals surface area contributed by atoms with Gasteiger partial charge in [0.1, 0.15) is 0 Å². The van der Waals surface area contributed by atoms with Crippen LogP contribution in [0.5, 0.6) is 0 Å². The number of rotatable bonds is 1. The Labute approximate surface area is 112 Å². The predicted octanol–water partition coefficient (Wildman–Crippen LogP) is 3.11. The maximum atomic E-state index is 10.9. The van der Waals surface area contributed by atoms with Crippen molar-refractivity contribution in [1.82, 2.24) is 0 Å². The van der Waals surface area contributed by atoms with Crippen LogP contribution in [-0.2, 0) is 5.60 Å². The maximum absolute atomic E-state index is 10.9. The average Bonchev–Trinajstić information content (AvgIpc) is 2.69. The molecule has 0 saturated carbocycles. The fourth-order valence-electron chi connectivity index (χ4n) is 3.18. The molecule has 3 rings (SSSR count). The summed E-state index contributed by atoms with van der Waals surface area (Å²) in [4.78, 5) is 0. The molecule has 2 aliphatic heterocycles. The van der Waals surface area contributed by atoms with E-state index in [2.05, 4.69) is 6.07 Å². The highest BCUT2D eigenvalue weighted by Gasteiger charge is 2.44. The van der Waals surface area contributed by atoms with Gasteiger partial charge in [-0.3, -0.25) is 0 Å². The van der Waals surface area contributed by atoms with Gasteiger partial charge in [-0.2, -0.15) is 17.0 Å². The summed E-state index contributed by atoms with van der Waals surface area (Å²) in [6.07, 6.45) is 4.13. The zero-order chi connectivity index (χ0) is 12.8. The molecule has 3 heteroatoms. The highest BCUT2D eigenvalue weighted by atomic mass is 32.2. The van der Waals surface area contributed by atoms with E-state index in [4.69, 9.17) is 5.26 Å². The summed E-state index contributed by atoms with van der Waals surface area (Å²) in [5.74, 6) is 0. The van der Waals surface area contributed by atoms with Gasteiger partial charge in [-0.25, -0.2) is 0 Å². The van der Waals surface area contributed by atoms with Gasteiger partial charge >= 0.3 is 0 Å². The fraction of sp³-hybridized carbons (Fsp3) is 0.533. The molecule has 18 heavy (non-hydrogen) atoms. The Morgan fingerprint density at radius 3 is 2.61 bits per heavy atom. The summed E-state index contributed by atoms with van der Waals surface area (Å²) in [5.41, 5.74) is 1.89. The zero-order valence-corrected chi connectivity index (χ0v) is 11.3. The molecule has 2 fully saturated rings. The number of aliphatic hydroxyl groups is 1. The van der Waals surface area contributed by atoms with E-state index in [1.54, 1.807) is 0 Å². The highest BCUT2D eigenvalue weighted by Crippen LogP contribution is 2.51. The third-order valence-corrected chi connectivity index (χ3v) is 5.80. The van der Waals surface area contributed by atoms with Gasteiger partial charge in [0.15, 0.2) is 0 Å². The summed E-state index contributed by atoms with van der Waals surface area (Å²) in [7, 11) is 0. The van der Waals surface area contributed by atoms with Crippen molar-refractivity contribution >= 4 is 11.8 Å². The number of benzene rings is 1. The lowest BCUT2D eigenvalue weighted by molar-refractivity contribution is 0.0196. The normalized spacial score (nSPS) is 34.3. The van der Waals surface area contributed by atoms with Crippen LogP contribution in [0.25, 0.3) is 0 Å². The fourth-order valence-corrected chi connectivity index (χ4v) is 5.02. The highest BCUT2D eigenvalue weighted by molar-refractivity contribution is 8.00. The van der Waals surface area contributed by atoms with Crippen molar-refractivity contribution in [3.05, 3.63) is 34.9 Å². The second-order valence-corrected chi connectivity index (χ2v) is 7.14. The van der Waals surface area contributed by atoms with Crippen LogP contribution in [0.15, 0.2) is 18.2 Å². The van der Waals surface area contributed by atoms with E-state index < -0.39 is 5.60 Å². The Hall–Kier alpha value is -0.980. The number of fused-ring (bicyclic) bond motifs is 2.